The van der Waals surface area contributed by atoms with Crippen molar-refractivity contribution in [2.75, 3.05) is 0 Å². The van der Waals surface area contributed by atoms with E-state index in [1.54, 1.807) is 12.1 Å². The Morgan fingerprint density at radius 3 is 0.689 bits per heavy atom. The van der Waals surface area contributed by atoms with Crippen molar-refractivity contribution in [2.24, 2.45) is 0 Å². The number of terminal acetylenes is 2. The van der Waals surface area contributed by atoms with Crippen molar-refractivity contribution in [1.82, 2.24) is 0 Å². The molecule has 106 heavy (non-hydrogen) atoms. The Morgan fingerprint density at radius 1 is 0.283 bits per heavy atom. The van der Waals surface area contributed by atoms with Crippen molar-refractivity contribution >= 4 is 256 Å². The van der Waals surface area contributed by atoms with Gasteiger partial charge in [0.2, 0.25) is 0 Å². The van der Waals surface area contributed by atoms with Crippen molar-refractivity contribution in [3.8, 4) is 47.6 Å². The molecule has 4 aliphatic rings. The van der Waals surface area contributed by atoms with E-state index in [0.717, 1.165) is 102 Å². The second-order valence-corrected chi connectivity index (χ2v) is 43.3. The van der Waals surface area contributed by atoms with Gasteiger partial charge in [-0.05, 0) is 257 Å². The van der Waals surface area contributed by atoms with Crippen LogP contribution < -0.4 is 0 Å². The summed E-state index contributed by atoms with van der Waals surface area (Å²) in [6, 6.07) is 35.4. The van der Waals surface area contributed by atoms with Gasteiger partial charge in [0.1, 0.15) is 16.1 Å². The molecule has 0 heterocycles. The Morgan fingerprint density at radius 2 is 0.481 bits per heavy atom. The van der Waals surface area contributed by atoms with E-state index in [1.807, 2.05) is 72.8 Å². The molecular weight excluding hydrogens is 1770 g/mol. The molecule has 0 radical (unpaired) electrons. The molecule has 0 N–H and O–H groups in total. The molecule has 4 aliphatic carbocycles. The minimum atomic E-state index is -1.35. The Bertz CT molecular complexity index is 4780. The first kappa shape index (κ1) is 88.8. The lowest BCUT2D eigenvalue weighted by atomic mass is 9.81. The monoisotopic (exact) mass is 1830 g/mol. The second kappa shape index (κ2) is 40.2. The number of benzene rings is 9. The molecule has 0 atom stereocenters. The van der Waals surface area contributed by atoms with Crippen molar-refractivity contribution in [2.45, 2.75) is 116 Å². The van der Waals surface area contributed by atoms with Crippen LogP contribution in [0.5, 0.6) is 0 Å². The normalized spacial score (nSPS) is 13.6. The number of fused-ring (bicyclic) bond motifs is 6. The fraction of sp³-hybridized carbons (Fsp3) is 0.205. The van der Waals surface area contributed by atoms with E-state index < -0.39 is 16.1 Å². The topological polar surface area (TPSA) is 0 Å². The first-order chi connectivity index (χ1) is 49.3. The maximum absolute atomic E-state index is 6.23. The summed E-state index contributed by atoms with van der Waals surface area (Å²) in [6.45, 7) is 13.5. The zero-order chi connectivity index (χ0) is 75.5. The van der Waals surface area contributed by atoms with E-state index in [4.69, 9.17) is 175 Å². The molecule has 546 valence electrons. The van der Waals surface area contributed by atoms with E-state index in [2.05, 4.69) is 179 Å². The molecule has 0 aliphatic heterocycles. The molecule has 0 bridgehead atoms. The third-order valence-electron chi connectivity index (χ3n) is 16.9. The van der Waals surface area contributed by atoms with E-state index >= 15 is 0 Å². The maximum atomic E-state index is 6.23. The summed E-state index contributed by atoms with van der Waals surface area (Å²) in [7, 11) is -2.69. The third kappa shape index (κ3) is 24.3. The standard InChI is InChI=1S/C24H16Cl4.C24H12Cl4.C18H24Cl2Si2.C12H8Cl2.C8H6Br2Cl2.2CH4/c2*25-21-9-17-5-13-1-2-14-6-18-10-22(26)24(28)12-20(18)8-16(14)4-3-15(13)7-19(17)11-23(21)27;1-21(2,3)11-7-9-15-13-17(19)18(20)14-16(15)10-8-12-22(4,5)6;1-3-5-9-7-11(13)12(14)8-10(9)6-4-2;9-3-5-1-7(11)8(12)2-6(5)4-10;;/h1-4,9-12H,5-8H2;1-12H;13-14H,9-10H2,1-6H3;1-2,7-8H,5-6H2;1-2H,3-4H2;2*1H4/b2-1-,4-3?,13-1?,14-2?,15-3?,16-4?;2-1-,4-3-,13-1?,14-2?,15-3?,16-4?;;;;;. The van der Waals surface area contributed by atoms with Crippen LogP contribution in [0.4, 0.5) is 0 Å². The molecule has 0 amide bonds. The highest BCUT2D eigenvalue weighted by Crippen LogP contribution is 2.41. The molecule has 9 aromatic carbocycles. The van der Waals surface area contributed by atoms with Gasteiger partial charge in [0.05, 0.1) is 70.3 Å². The smallest absolute Gasteiger partial charge is 0.129 e. The summed E-state index contributed by atoms with van der Waals surface area (Å²) in [6.07, 6.45) is 34.0. The van der Waals surface area contributed by atoms with Gasteiger partial charge >= 0.3 is 0 Å². The van der Waals surface area contributed by atoms with E-state index in [1.165, 1.54) is 55.7 Å². The van der Waals surface area contributed by atoms with Crippen LogP contribution in [0.2, 0.25) is 110 Å². The summed E-state index contributed by atoms with van der Waals surface area (Å²) in [5.74, 6) is 11.7. The van der Waals surface area contributed by atoms with Crippen LogP contribution in [-0.2, 0) is 62.0 Å². The Balaban J connectivity index is 0.000000191. The van der Waals surface area contributed by atoms with Crippen LogP contribution in [0.15, 0.2) is 156 Å². The molecular formula is C88H74Br2Cl14Si2. The third-order valence-corrected chi connectivity index (χ3v) is 25.1. The summed E-state index contributed by atoms with van der Waals surface area (Å²) in [5, 5.41) is 14.0. The molecule has 13 rings (SSSR count). The van der Waals surface area contributed by atoms with Crippen molar-refractivity contribution in [3.63, 3.8) is 0 Å². The SMILES string of the molecule is C.C.C#CCc1cc(Cl)c(Cl)cc1CC#C.C[Si](C)(C)C#CCc1cc(Cl)c(Cl)cc1CC#C[Si](C)(C)C.Clc1cc(CBr)c(CBr)cc1Cl.Clc1cc2c(cc1Cl)CC1=C(C=CC3=C(/C=C\1)Cc1cc(Cl)c(Cl)cc1C3)C2.Clc1cc2cc3c(cc2cc1Cl)/C=C\c1cc2cc(Cl)c(Cl)cc2cc1/C=C\3. The van der Waals surface area contributed by atoms with E-state index in [0.29, 0.717) is 96.0 Å². The number of hydrogen-bond acceptors (Lipinski definition) is 0. The number of allylic oxidation sites excluding steroid dienone is 8. The molecule has 0 unspecified atom stereocenters. The number of halogens is 16. The van der Waals surface area contributed by atoms with Gasteiger partial charge in [-0.1, -0.05) is 297 Å². The fourth-order valence-electron chi connectivity index (χ4n) is 11.7. The second-order valence-electron chi connectivity index (χ2n) is 27.0. The van der Waals surface area contributed by atoms with Gasteiger partial charge in [0, 0.05) is 36.3 Å². The summed E-state index contributed by atoms with van der Waals surface area (Å²) in [5.41, 5.74) is 28.3. The summed E-state index contributed by atoms with van der Waals surface area (Å²) in [4.78, 5) is 0. The van der Waals surface area contributed by atoms with E-state index in [-0.39, 0.29) is 14.9 Å². The lowest BCUT2D eigenvalue weighted by molar-refractivity contribution is 0.979. The van der Waals surface area contributed by atoms with Gasteiger partial charge < -0.3 is 0 Å². The van der Waals surface area contributed by atoms with Crippen LogP contribution in [0.3, 0.4) is 0 Å². The van der Waals surface area contributed by atoms with Crippen molar-refractivity contribution in [1.29, 1.82) is 0 Å². The zero-order valence-electron chi connectivity index (χ0n) is 57.3. The Hall–Kier alpha value is -4.37. The van der Waals surface area contributed by atoms with Crippen LogP contribution in [0.25, 0.3) is 45.8 Å². The average Bonchev–Trinajstić information content (AvgIpc) is 0.784. The highest BCUT2D eigenvalue weighted by molar-refractivity contribution is 9.09. The number of alkyl halides is 2. The van der Waals surface area contributed by atoms with Crippen LogP contribution in [0, 0.1) is 47.6 Å². The van der Waals surface area contributed by atoms with Crippen LogP contribution in [0.1, 0.15) is 92.7 Å². The Labute approximate surface area is 716 Å². The minimum absolute atomic E-state index is 0. The molecule has 0 aromatic heterocycles. The molecule has 0 saturated carbocycles. The molecule has 0 spiro atoms. The van der Waals surface area contributed by atoms with Gasteiger partial charge in [0.25, 0.3) is 0 Å². The summed E-state index contributed by atoms with van der Waals surface area (Å²) >= 11 is 92.2. The average molecular weight is 1840 g/mol. The lowest BCUT2D eigenvalue weighted by Crippen LogP contribution is -2.16. The van der Waals surface area contributed by atoms with Crippen LogP contribution >= 0.6 is 194 Å². The van der Waals surface area contributed by atoms with Gasteiger partial charge in [-0.3, -0.25) is 0 Å². The molecule has 0 nitrogen and oxygen atoms in total. The predicted molar refractivity (Wildman–Crippen MR) is 489 cm³/mol. The first-order valence-electron chi connectivity index (χ1n) is 32.7. The number of rotatable bonds is 6. The van der Waals surface area contributed by atoms with Gasteiger partial charge in [-0.2, -0.15) is 0 Å². The minimum Gasteiger partial charge on any atom is -0.132 e. The fourth-order valence-corrected chi connectivity index (χ4v) is 16.5. The predicted octanol–water partition coefficient (Wildman–Crippen LogP) is 32.4. The van der Waals surface area contributed by atoms with Crippen molar-refractivity contribution < 1.29 is 0 Å². The molecule has 18 heteroatoms. The highest BCUT2D eigenvalue weighted by Gasteiger charge is 2.23. The van der Waals surface area contributed by atoms with Crippen molar-refractivity contribution in [3.05, 3.63) is 304 Å². The molecule has 9 aromatic rings. The Kier molecular flexibility index (Phi) is 33.7. The van der Waals surface area contributed by atoms with Gasteiger partial charge in [-0.25, -0.2) is 0 Å². The van der Waals surface area contributed by atoms with E-state index in [9.17, 15) is 0 Å². The van der Waals surface area contributed by atoms with Gasteiger partial charge in [0.15, 0.2) is 0 Å². The van der Waals surface area contributed by atoms with Gasteiger partial charge in [-0.15, -0.1) is 47.6 Å². The molecule has 0 fully saturated rings. The largest absolute Gasteiger partial charge is 0.132 e. The summed E-state index contributed by atoms with van der Waals surface area (Å²) < 4.78 is 0. The first-order valence-corrected chi connectivity index (χ1v) is 47.2. The zero-order valence-corrected chi connectivity index (χ0v) is 73.0. The highest BCUT2D eigenvalue weighted by atomic mass is 79.9. The maximum Gasteiger partial charge on any atom is 0.129 e. The number of hydrogen-bond donors (Lipinski definition) is 0. The van der Waals surface area contributed by atoms with Crippen LogP contribution in [-0.4, -0.2) is 16.1 Å². The lowest BCUT2D eigenvalue weighted by Gasteiger charge is -2.25. The molecule has 0 saturated heterocycles. The quantitative estimate of drug-likeness (QED) is 0.0884.